The molecule has 0 spiro atoms. The number of hydrogen-bond acceptors (Lipinski definition) is 4. The fourth-order valence-electron chi connectivity index (χ4n) is 0.569. The maximum atomic E-state index is 10.3. The Labute approximate surface area is 51.4 Å². The summed E-state index contributed by atoms with van der Waals surface area (Å²) < 4.78 is 4.37. The van der Waals surface area contributed by atoms with Crippen LogP contribution < -0.4 is 0 Å². The van der Waals surface area contributed by atoms with Crippen LogP contribution in [-0.4, -0.2) is 22.3 Å². The molecule has 0 aliphatic carbocycles. The lowest BCUT2D eigenvalue weighted by molar-refractivity contribution is -0.141. The fraction of sp³-hybridized carbons (Fsp3) is 0.400. The van der Waals surface area contributed by atoms with E-state index >= 15 is 0 Å². The fourth-order valence-corrected chi connectivity index (χ4v) is 0.569. The van der Waals surface area contributed by atoms with Crippen molar-refractivity contribution in [2.24, 2.45) is 0 Å². The maximum Gasteiger partial charge on any atom is 0.377 e. The molecule has 0 aromatic heterocycles. The van der Waals surface area contributed by atoms with Gasteiger partial charge in [0, 0.05) is 0 Å². The molecule has 0 aromatic carbocycles. The van der Waals surface area contributed by atoms with Crippen molar-refractivity contribution in [1.29, 1.82) is 0 Å². The first-order valence-corrected chi connectivity index (χ1v) is 2.46. The Morgan fingerprint density at radius 3 is 2.22 bits per heavy atom. The van der Waals surface area contributed by atoms with Crippen LogP contribution in [0.4, 0.5) is 0 Å². The van der Waals surface area contributed by atoms with Crippen LogP contribution in [0, 0.1) is 0 Å². The van der Waals surface area contributed by atoms with Gasteiger partial charge in [0.1, 0.15) is 0 Å². The maximum absolute atomic E-state index is 10.3. The predicted octanol–water partition coefficient (Wildman–Crippen LogP) is 0.259. The molecule has 4 heteroatoms. The van der Waals surface area contributed by atoms with Crippen LogP contribution in [0.25, 0.3) is 0 Å². The molecule has 0 aromatic rings. The Balaban J connectivity index is 2.92. The molecule has 0 saturated heterocycles. The van der Waals surface area contributed by atoms with Crippen LogP contribution in [-0.2, 0) is 9.53 Å². The number of rotatable bonds is 0. The summed E-state index contributed by atoms with van der Waals surface area (Å²) in [6.45, 7) is 1.47. The standard InChI is InChI=1S/C5H6O4/c1-2-3(6)4(7)5(8)9-2/h2,6-7H,1H3/t2-/m1/s1. The molecular weight excluding hydrogens is 124 g/mol. The van der Waals surface area contributed by atoms with E-state index in [1.165, 1.54) is 6.92 Å². The van der Waals surface area contributed by atoms with E-state index in [1.54, 1.807) is 0 Å². The number of ether oxygens (including phenoxy) is 1. The third-order valence-electron chi connectivity index (χ3n) is 1.10. The largest absolute Gasteiger partial charge is 0.505 e. The molecule has 1 aliphatic heterocycles. The second-order valence-electron chi connectivity index (χ2n) is 1.78. The summed E-state index contributed by atoms with van der Waals surface area (Å²) in [6, 6.07) is 0. The monoisotopic (exact) mass is 130 g/mol. The molecule has 1 atom stereocenters. The zero-order valence-corrected chi connectivity index (χ0v) is 4.79. The second kappa shape index (κ2) is 1.65. The van der Waals surface area contributed by atoms with Crippen LogP contribution >= 0.6 is 0 Å². The van der Waals surface area contributed by atoms with E-state index < -0.39 is 17.8 Å². The van der Waals surface area contributed by atoms with Gasteiger partial charge in [-0.05, 0) is 6.92 Å². The van der Waals surface area contributed by atoms with Gasteiger partial charge in [-0.2, -0.15) is 0 Å². The minimum absolute atomic E-state index is 0.389. The SMILES string of the molecule is C[C@H]1OC(=O)C(O)=C1O. The van der Waals surface area contributed by atoms with Gasteiger partial charge in [-0.1, -0.05) is 0 Å². The van der Waals surface area contributed by atoms with E-state index in [0.29, 0.717) is 0 Å². The number of carbonyl (C=O) groups is 1. The topological polar surface area (TPSA) is 66.8 Å². The van der Waals surface area contributed by atoms with Crippen LogP contribution in [0.5, 0.6) is 0 Å². The van der Waals surface area contributed by atoms with Crippen molar-refractivity contribution in [2.45, 2.75) is 13.0 Å². The zero-order chi connectivity index (χ0) is 7.02. The number of aliphatic hydroxyl groups is 2. The molecule has 2 N–H and O–H groups in total. The molecule has 0 unspecified atom stereocenters. The summed E-state index contributed by atoms with van der Waals surface area (Å²) in [7, 11) is 0. The smallest absolute Gasteiger partial charge is 0.377 e. The highest BCUT2D eigenvalue weighted by Crippen LogP contribution is 2.16. The molecule has 1 heterocycles. The average Bonchev–Trinajstić information content (AvgIpc) is 1.98. The first-order chi connectivity index (χ1) is 4.13. The number of esters is 1. The Morgan fingerprint density at radius 1 is 1.56 bits per heavy atom. The van der Waals surface area contributed by atoms with Gasteiger partial charge >= 0.3 is 5.97 Å². The Bertz CT molecular complexity index is 181. The summed E-state index contributed by atoms with van der Waals surface area (Å²) in [4.78, 5) is 10.3. The van der Waals surface area contributed by atoms with Gasteiger partial charge in [0.05, 0.1) is 0 Å². The Morgan fingerprint density at radius 2 is 2.11 bits per heavy atom. The van der Waals surface area contributed by atoms with E-state index in [4.69, 9.17) is 10.2 Å². The third-order valence-corrected chi connectivity index (χ3v) is 1.10. The number of hydrogen-bond donors (Lipinski definition) is 2. The summed E-state index contributed by atoms with van der Waals surface area (Å²) in [5, 5.41) is 17.3. The molecule has 0 radical (unpaired) electrons. The molecule has 0 bridgehead atoms. The summed E-state index contributed by atoms with van der Waals surface area (Å²) in [5.41, 5.74) is 0. The van der Waals surface area contributed by atoms with Crippen LogP contribution in [0.2, 0.25) is 0 Å². The van der Waals surface area contributed by atoms with Gasteiger partial charge < -0.3 is 14.9 Å². The molecule has 0 amide bonds. The van der Waals surface area contributed by atoms with Crippen molar-refractivity contribution in [3.8, 4) is 0 Å². The van der Waals surface area contributed by atoms with Gasteiger partial charge in [0.25, 0.3) is 0 Å². The van der Waals surface area contributed by atoms with Crippen LogP contribution in [0.3, 0.4) is 0 Å². The highest BCUT2D eigenvalue weighted by molar-refractivity contribution is 5.88. The van der Waals surface area contributed by atoms with Crippen molar-refractivity contribution in [3.05, 3.63) is 11.5 Å². The first kappa shape index (κ1) is 5.94. The number of carbonyl (C=O) groups excluding carboxylic acids is 1. The summed E-state index contributed by atoms with van der Waals surface area (Å²) in [5.74, 6) is -1.93. The molecular formula is C5H6O4. The van der Waals surface area contributed by atoms with Crippen molar-refractivity contribution in [2.75, 3.05) is 0 Å². The van der Waals surface area contributed by atoms with Gasteiger partial charge in [0.15, 0.2) is 11.9 Å². The molecule has 4 nitrogen and oxygen atoms in total. The third kappa shape index (κ3) is 0.718. The van der Waals surface area contributed by atoms with E-state index in [2.05, 4.69) is 4.74 Å². The number of aliphatic hydroxyl groups excluding tert-OH is 2. The highest BCUT2D eigenvalue weighted by Gasteiger charge is 2.30. The lowest BCUT2D eigenvalue weighted by atomic mass is 10.3. The second-order valence-corrected chi connectivity index (χ2v) is 1.78. The van der Waals surface area contributed by atoms with E-state index in [-0.39, 0.29) is 5.76 Å². The lowest BCUT2D eigenvalue weighted by Gasteiger charge is -1.98. The highest BCUT2D eigenvalue weighted by atomic mass is 16.6. The normalized spacial score (nSPS) is 26.8. The van der Waals surface area contributed by atoms with Gasteiger partial charge in [-0.25, -0.2) is 4.79 Å². The van der Waals surface area contributed by atoms with Crippen LogP contribution in [0.1, 0.15) is 6.92 Å². The molecule has 0 fully saturated rings. The quantitative estimate of drug-likeness (QED) is 0.461. The van der Waals surface area contributed by atoms with Crippen molar-refractivity contribution in [1.82, 2.24) is 0 Å². The lowest BCUT2D eigenvalue weighted by Crippen LogP contribution is -2.05. The van der Waals surface area contributed by atoms with Gasteiger partial charge in [0.2, 0.25) is 5.76 Å². The Hall–Kier alpha value is -1.19. The predicted molar refractivity (Wildman–Crippen MR) is 27.8 cm³/mol. The minimum Gasteiger partial charge on any atom is -0.505 e. The van der Waals surface area contributed by atoms with E-state index in [9.17, 15) is 4.79 Å². The zero-order valence-electron chi connectivity index (χ0n) is 4.79. The summed E-state index contributed by atoms with van der Waals surface area (Å²) in [6.07, 6.45) is -0.697. The van der Waals surface area contributed by atoms with Crippen molar-refractivity contribution >= 4 is 5.97 Å². The average molecular weight is 130 g/mol. The minimum atomic E-state index is -0.861. The van der Waals surface area contributed by atoms with E-state index in [1.807, 2.05) is 0 Å². The van der Waals surface area contributed by atoms with Crippen molar-refractivity contribution in [3.63, 3.8) is 0 Å². The number of cyclic esters (lactones) is 1. The molecule has 1 aliphatic rings. The molecule has 1 rings (SSSR count). The van der Waals surface area contributed by atoms with Crippen molar-refractivity contribution < 1.29 is 19.7 Å². The summed E-state index contributed by atoms with van der Waals surface area (Å²) >= 11 is 0. The van der Waals surface area contributed by atoms with E-state index in [0.717, 1.165) is 0 Å². The Kier molecular flexibility index (Phi) is 1.09. The molecule has 0 saturated carbocycles. The molecule has 9 heavy (non-hydrogen) atoms. The van der Waals surface area contributed by atoms with Gasteiger partial charge in [-0.3, -0.25) is 0 Å². The van der Waals surface area contributed by atoms with Gasteiger partial charge in [-0.15, -0.1) is 0 Å². The first-order valence-electron chi connectivity index (χ1n) is 2.46. The van der Waals surface area contributed by atoms with Crippen LogP contribution in [0.15, 0.2) is 11.5 Å². The molecule has 50 valence electrons.